The maximum absolute atomic E-state index is 13.6. The van der Waals surface area contributed by atoms with Crippen molar-refractivity contribution in [3.8, 4) is 0 Å². The standard InChI is InChI=1S/C28H33NO5/c1-17(30)34-22-10-12-27(2)20(16-22)6-9-23-24(27)11-13-28(3)25(23)15-19(26(28)31)14-18-4-7-21(8-5-18)29(32)33/h4-8,14,22-25H,9-13,15-16H2,1-3H3/b19-14+/t22-,23+,24-,25-,27-,28-/m0/s1. The third-order valence-corrected chi connectivity index (χ3v) is 9.48. The molecule has 6 atom stereocenters. The summed E-state index contributed by atoms with van der Waals surface area (Å²) < 4.78 is 5.54. The number of esters is 1. The maximum Gasteiger partial charge on any atom is 0.302 e. The van der Waals surface area contributed by atoms with Crippen molar-refractivity contribution in [2.75, 3.05) is 0 Å². The van der Waals surface area contributed by atoms with Crippen LogP contribution < -0.4 is 0 Å². The van der Waals surface area contributed by atoms with Crippen LogP contribution in [0.25, 0.3) is 6.08 Å². The predicted octanol–water partition coefficient (Wildman–Crippen LogP) is 6.05. The number of Topliss-reactive ketones (excluding diaryl/α,β-unsaturated/α-hetero) is 1. The Kier molecular flexibility index (Phi) is 5.53. The Balaban J connectivity index is 1.40. The van der Waals surface area contributed by atoms with Gasteiger partial charge in [-0.2, -0.15) is 0 Å². The molecule has 0 unspecified atom stereocenters. The van der Waals surface area contributed by atoms with Crippen LogP contribution in [-0.2, 0) is 14.3 Å². The van der Waals surface area contributed by atoms with E-state index in [1.54, 1.807) is 12.1 Å². The van der Waals surface area contributed by atoms with Gasteiger partial charge in [-0.15, -0.1) is 0 Å². The van der Waals surface area contributed by atoms with Crippen LogP contribution in [0.5, 0.6) is 0 Å². The van der Waals surface area contributed by atoms with Gasteiger partial charge >= 0.3 is 5.97 Å². The molecule has 1 aromatic carbocycles. The number of carbonyl (C=O) groups excluding carboxylic acids is 2. The van der Waals surface area contributed by atoms with Crippen LogP contribution in [0.4, 0.5) is 5.69 Å². The van der Waals surface area contributed by atoms with Gasteiger partial charge in [0.2, 0.25) is 0 Å². The highest BCUT2D eigenvalue weighted by atomic mass is 16.6. The van der Waals surface area contributed by atoms with Crippen molar-refractivity contribution < 1.29 is 19.2 Å². The van der Waals surface area contributed by atoms with Gasteiger partial charge in [0.05, 0.1) is 4.92 Å². The molecule has 34 heavy (non-hydrogen) atoms. The molecule has 6 heteroatoms. The Morgan fingerprint density at radius 1 is 1.09 bits per heavy atom. The zero-order valence-corrected chi connectivity index (χ0v) is 20.2. The number of hydrogen-bond acceptors (Lipinski definition) is 5. The molecule has 3 saturated carbocycles. The molecule has 0 spiro atoms. The van der Waals surface area contributed by atoms with Gasteiger partial charge in [0.25, 0.3) is 5.69 Å². The van der Waals surface area contributed by atoms with E-state index in [1.165, 1.54) is 24.6 Å². The molecule has 0 saturated heterocycles. The first-order chi connectivity index (χ1) is 16.1. The second-order valence-electron chi connectivity index (χ2n) is 11.2. The molecule has 4 aliphatic rings. The number of non-ortho nitro benzene ring substituents is 1. The SMILES string of the molecule is CC(=O)O[C@H]1CC[C@@]2(C)C(=CC[C@@H]3[C@@H]2CC[C@]2(C)C(=O)/C(=C/c4ccc([N+](=O)[O-])cc4)C[C@@H]32)C1. The van der Waals surface area contributed by atoms with Crippen molar-refractivity contribution in [3.05, 3.63) is 57.2 Å². The fourth-order valence-corrected chi connectivity index (χ4v) is 7.66. The quantitative estimate of drug-likeness (QED) is 0.179. The van der Waals surface area contributed by atoms with Gasteiger partial charge in [-0.1, -0.05) is 25.5 Å². The Labute approximate surface area is 200 Å². The van der Waals surface area contributed by atoms with Gasteiger partial charge < -0.3 is 4.74 Å². The van der Waals surface area contributed by atoms with Crippen molar-refractivity contribution in [2.24, 2.45) is 28.6 Å². The summed E-state index contributed by atoms with van der Waals surface area (Å²) in [6.07, 6.45) is 10.8. The van der Waals surface area contributed by atoms with Crippen LogP contribution in [-0.4, -0.2) is 22.8 Å². The first-order valence-corrected chi connectivity index (χ1v) is 12.5. The van der Waals surface area contributed by atoms with Crippen molar-refractivity contribution in [3.63, 3.8) is 0 Å². The lowest BCUT2D eigenvalue weighted by atomic mass is 9.48. The largest absolute Gasteiger partial charge is 0.462 e. The summed E-state index contributed by atoms with van der Waals surface area (Å²) in [5.74, 6) is 1.41. The molecule has 0 radical (unpaired) electrons. The molecule has 4 aliphatic carbocycles. The third kappa shape index (κ3) is 3.62. The molecule has 3 fully saturated rings. The van der Waals surface area contributed by atoms with Crippen molar-refractivity contribution in [2.45, 2.75) is 71.8 Å². The summed E-state index contributed by atoms with van der Waals surface area (Å²) >= 11 is 0. The number of nitrogens with zero attached hydrogens (tertiary/aromatic N) is 1. The number of hydrogen-bond donors (Lipinski definition) is 0. The summed E-state index contributed by atoms with van der Waals surface area (Å²) in [4.78, 5) is 35.6. The molecular weight excluding hydrogens is 430 g/mol. The molecule has 0 aromatic heterocycles. The van der Waals surface area contributed by atoms with E-state index in [1.807, 2.05) is 6.08 Å². The number of nitro benzene ring substituents is 1. The molecular formula is C28H33NO5. The van der Waals surface area contributed by atoms with Gasteiger partial charge in [0.1, 0.15) is 6.10 Å². The summed E-state index contributed by atoms with van der Waals surface area (Å²) in [6, 6.07) is 6.45. The smallest absolute Gasteiger partial charge is 0.302 e. The molecule has 180 valence electrons. The third-order valence-electron chi connectivity index (χ3n) is 9.48. The second-order valence-corrected chi connectivity index (χ2v) is 11.2. The van der Waals surface area contributed by atoms with Gasteiger partial charge in [0, 0.05) is 30.9 Å². The average molecular weight is 464 g/mol. The van der Waals surface area contributed by atoms with Gasteiger partial charge in [0.15, 0.2) is 5.78 Å². The highest BCUT2D eigenvalue weighted by molar-refractivity contribution is 6.06. The van der Waals surface area contributed by atoms with Crippen LogP contribution in [0.2, 0.25) is 0 Å². The summed E-state index contributed by atoms with van der Waals surface area (Å²) in [7, 11) is 0. The maximum atomic E-state index is 13.6. The van der Waals surface area contributed by atoms with Crippen LogP contribution in [0.15, 0.2) is 41.5 Å². The van der Waals surface area contributed by atoms with E-state index >= 15 is 0 Å². The van der Waals surface area contributed by atoms with Crippen LogP contribution in [0.3, 0.4) is 0 Å². The van der Waals surface area contributed by atoms with Crippen molar-refractivity contribution in [1.82, 2.24) is 0 Å². The average Bonchev–Trinajstić information content (AvgIpc) is 3.04. The zero-order chi connectivity index (χ0) is 24.3. The van der Waals surface area contributed by atoms with E-state index in [-0.39, 0.29) is 34.4 Å². The topological polar surface area (TPSA) is 86.5 Å². The van der Waals surface area contributed by atoms with E-state index in [9.17, 15) is 19.7 Å². The van der Waals surface area contributed by atoms with Crippen molar-refractivity contribution in [1.29, 1.82) is 0 Å². The molecule has 0 N–H and O–H groups in total. The molecule has 5 rings (SSSR count). The molecule has 0 aliphatic heterocycles. The van der Waals surface area contributed by atoms with Gasteiger partial charge in [-0.05, 0) is 91.0 Å². The minimum Gasteiger partial charge on any atom is -0.462 e. The summed E-state index contributed by atoms with van der Waals surface area (Å²) in [5, 5.41) is 11.0. The lowest BCUT2D eigenvalue weighted by Crippen LogP contribution is -2.50. The number of ether oxygens (including phenoxy) is 1. The number of carbonyl (C=O) groups is 2. The normalized spacial score (nSPS) is 37.9. The first kappa shape index (κ1) is 23.0. The summed E-state index contributed by atoms with van der Waals surface area (Å²) in [5.41, 5.74) is 3.00. The first-order valence-electron chi connectivity index (χ1n) is 12.5. The molecule has 0 amide bonds. The second kappa shape index (κ2) is 8.17. The number of rotatable bonds is 3. The Morgan fingerprint density at radius 3 is 2.47 bits per heavy atom. The van der Waals surface area contributed by atoms with E-state index in [0.717, 1.165) is 56.1 Å². The van der Waals surface area contributed by atoms with Crippen LogP contribution in [0.1, 0.15) is 71.3 Å². The summed E-state index contributed by atoms with van der Waals surface area (Å²) in [6.45, 7) is 6.04. The highest BCUT2D eigenvalue weighted by Crippen LogP contribution is 2.64. The fraction of sp³-hybridized carbons (Fsp3) is 0.571. The molecule has 0 heterocycles. The number of fused-ring (bicyclic) bond motifs is 5. The minimum atomic E-state index is -0.404. The monoisotopic (exact) mass is 463 g/mol. The Morgan fingerprint density at radius 2 is 1.79 bits per heavy atom. The number of nitro groups is 1. The van der Waals surface area contributed by atoms with Gasteiger partial charge in [-0.25, -0.2) is 0 Å². The van der Waals surface area contributed by atoms with E-state index in [2.05, 4.69) is 19.9 Å². The van der Waals surface area contributed by atoms with Gasteiger partial charge in [-0.3, -0.25) is 19.7 Å². The van der Waals surface area contributed by atoms with Crippen molar-refractivity contribution >= 4 is 23.5 Å². The van der Waals surface area contributed by atoms with Crippen LogP contribution >= 0.6 is 0 Å². The lowest BCUT2D eigenvalue weighted by Gasteiger charge is -2.56. The van der Waals surface area contributed by atoms with E-state index in [4.69, 9.17) is 4.74 Å². The van der Waals surface area contributed by atoms with Crippen LogP contribution in [0, 0.1) is 38.7 Å². The lowest BCUT2D eigenvalue weighted by molar-refractivity contribution is -0.384. The van der Waals surface area contributed by atoms with E-state index in [0.29, 0.717) is 17.8 Å². The molecule has 1 aromatic rings. The Bertz CT molecular complexity index is 1100. The zero-order valence-electron chi connectivity index (χ0n) is 20.2. The highest BCUT2D eigenvalue weighted by Gasteiger charge is 2.60. The number of ketones is 1. The van der Waals surface area contributed by atoms with E-state index < -0.39 is 4.92 Å². The fourth-order valence-electron chi connectivity index (χ4n) is 7.66. The number of benzene rings is 1. The number of allylic oxidation sites excluding steroid dienone is 2. The predicted molar refractivity (Wildman–Crippen MR) is 129 cm³/mol. The Hall–Kier alpha value is -2.76. The molecule has 0 bridgehead atoms. The molecule has 6 nitrogen and oxygen atoms in total. The minimum absolute atomic E-state index is 0.00785.